The van der Waals surface area contributed by atoms with Gasteiger partial charge in [0.1, 0.15) is 5.82 Å². The van der Waals surface area contributed by atoms with Crippen molar-refractivity contribution < 1.29 is 4.79 Å². The lowest BCUT2D eigenvalue weighted by atomic mass is 10.3. The first kappa shape index (κ1) is 13.3. The lowest BCUT2D eigenvalue weighted by Crippen LogP contribution is -2.26. The first-order valence-corrected chi connectivity index (χ1v) is 7.07. The number of rotatable bonds is 3. The SMILES string of the molecule is Cc1cc(C(=O)N(C)Cc2nccn2C)sc1Br. The highest BCUT2D eigenvalue weighted by molar-refractivity contribution is 9.11. The van der Waals surface area contributed by atoms with Crippen molar-refractivity contribution in [3.05, 3.63) is 38.5 Å². The highest BCUT2D eigenvalue weighted by Gasteiger charge is 2.17. The number of amides is 1. The molecule has 0 fully saturated rings. The van der Waals surface area contributed by atoms with Gasteiger partial charge in [0.15, 0.2) is 0 Å². The van der Waals surface area contributed by atoms with Gasteiger partial charge in [-0.2, -0.15) is 0 Å². The molecule has 0 unspecified atom stereocenters. The van der Waals surface area contributed by atoms with Crippen molar-refractivity contribution in [2.45, 2.75) is 13.5 Å². The quantitative estimate of drug-likeness (QED) is 0.869. The average molecular weight is 328 g/mol. The predicted molar refractivity (Wildman–Crippen MR) is 75.8 cm³/mol. The Bertz CT molecular complexity index is 556. The van der Waals surface area contributed by atoms with Crippen LogP contribution in [0.5, 0.6) is 0 Å². The van der Waals surface area contributed by atoms with Crippen LogP contribution in [-0.2, 0) is 13.6 Å². The van der Waals surface area contributed by atoms with Crippen LogP contribution in [0.15, 0.2) is 22.2 Å². The molecule has 1 amide bonds. The molecule has 0 radical (unpaired) electrons. The van der Waals surface area contributed by atoms with E-state index in [0.29, 0.717) is 6.54 Å². The monoisotopic (exact) mass is 327 g/mol. The highest BCUT2D eigenvalue weighted by Crippen LogP contribution is 2.28. The number of thiophene rings is 1. The third kappa shape index (κ3) is 2.64. The summed E-state index contributed by atoms with van der Waals surface area (Å²) in [6.45, 7) is 2.49. The Morgan fingerprint density at radius 1 is 1.61 bits per heavy atom. The number of carbonyl (C=O) groups is 1. The fourth-order valence-electron chi connectivity index (χ4n) is 1.59. The molecule has 96 valence electrons. The van der Waals surface area contributed by atoms with Crippen molar-refractivity contribution in [2.24, 2.45) is 7.05 Å². The molecule has 0 aromatic carbocycles. The Kier molecular flexibility index (Phi) is 3.87. The second-order valence-corrected chi connectivity index (χ2v) is 6.55. The minimum atomic E-state index is 0.0248. The van der Waals surface area contributed by atoms with E-state index < -0.39 is 0 Å². The molecule has 0 spiro atoms. The van der Waals surface area contributed by atoms with Crippen LogP contribution in [0.25, 0.3) is 0 Å². The van der Waals surface area contributed by atoms with Gasteiger partial charge >= 0.3 is 0 Å². The van der Waals surface area contributed by atoms with Gasteiger partial charge in [-0.05, 0) is 34.5 Å². The second kappa shape index (κ2) is 5.24. The Morgan fingerprint density at radius 3 is 2.83 bits per heavy atom. The van der Waals surface area contributed by atoms with E-state index in [1.54, 1.807) is 18.1 Å². The largest absolute Gasteiger partial charge is 0.337 e. The molecule has 0 aliphatic rings. The molecule has 6 heteroatoms. The lowest BCUT2D eigenvalue weighted by molar-refractivity contribution is 0.0785. The Labute approximate surface area is 118 Å². The standard InChI is InChI=1S/C12H14BrN3OS/c1-8-6-9(18-11(8)13)12(17)16(3)7-10-14-4-5-15(10)2/h4-6H,7H2,1-3H3. The summed E-state index contributed by atoms with van der Waals surface area (Å²) >= 11 is 4.90. The predicted octanol–water partition coefficient (Wildman–Crippen LogP) is 2.82. The molecule has 4 nitrogen and oxygen atoms in total. The maximum Gasteiger partial charge on any atom is 0.264 e. The fourth-order valence-corrected chi connectivity index (χ4v) is 3.12. The summed E-state index contributed by atoms with van der Waals surface area (Å²) < 4.78 is 2.93. The smallest absolute Gasteiger partial charge is 0.264 e. The van der Waals surface area contributed by atoms with Crippen molar-refractivity contribution in [1.29, 1.82) is 0 Å². The zero-order valence-electron chi connectivity index (χ0n) is 10.5. The minimum Gasteiger partial charge on any atom is -0.337 e. The summed E-state index contributed by atoms with van der Waals surface area (Å²) in [5.41, 5.74) is 1.09. The van der Waals surface area contributed by atoms with Gasteiger partial charge in [0, 0.05) is 26.5 Å². The molecule has 2 aromatic rings. The number of carbonyl (C=O) groups excluding carboxylic acids is 1. The third-order valence-electron chi connectivity index (χ3n) is 2.71. The second-order valence-electron chi connectivity index (χ2n) is 4.18. The van der Waals surface area contributed by atoms with Crippen LogP contribution in [0.1, 0.15) is 21.1 Å². The lowest BCUT2D eigenvalue weighted by Gasteiger charge is -2.15. The molecule has 0 aliphatic heterocycles. The van der Waals surface area contributed by atoms with Crippen LogP contribution in [0.3, 0.4) is 0 Å². The maximum atomic E-state index is 12.2. The maximum absolute atomic E-state index is 12.2. The van der Waals surface area contributed by atoms with Crippen molar-refractivity contribution in [3.63, 3.8) is 0 Å². The van der Waals surface area contributed by atoms with E-state index in [2.05, 4.69) is 20.9 Å². The van der Waals surface area contributed by atoms with E-state index in [4.69, 9.17) is 0 Å². The first-order valence-electron chi connectivity index (χ1n) is 5.46. The number of hydrogen-bond acceptors (Lipinski definition) is 3. The van der Waals surface area contributed by atoms with Crippen molar-refractivity contribution in [3.8, 4) is 0 Å². The zero-order chi connectivity index (χ0) is 13.3. The van der Waals surface area contributed by atoms with Gasteiger partial charge in [-0.15, -0.1) is 11.3 Å². The number of nitrogens with zero attached hydrogens (tertiary/aromatic N) is 3. The van der Waals surface area contributed by atoms with Crippen molar-refractivity contribution in [1.82, 2.24) is 14.5 Å². The number of aryl methyl sites for hydroxylation is 2. The summed E-state index contributed by atoms with van der Waals surface area (Å²) in [5.74, 6) is 0.898. The Morgan fingerprint density at radius 2 is 2.33 bits per heavy atom. The molecule has 18 heavy (non-hydrogen) atoms. The molecular weight excluding hydrogens is 314 g/mol. The van der Waals surface area contributed by atoms with Crippen LogP contribution in [-0.4, -0.2) is 27.4 Å². The molecule has 0 bridgehead atoms. The van der Waals surface area contributed by atoms with Gasteiger partial charge in [-0.1, -0.05) is 0 Å². The molecule has 0 aliphatic carbocycles. The molecule has 0 atom stereocenters. The molecule has 0 saturated heterocycles. The van der Waals surface area contributed by atoms with Crippen LogP contribution in [0.2, 0.25) is 0 Å². The molecule has 2 aromatic heterocycles. The summed E-state index contributed by atoms with van der Waals surface area (Å²) in [6, 6.07) is 1.91. The van der Waals surface area contributed by atoms with Crippen LogP contribution < -0.4 is 0 Å². The van der Waals surface area contributed by atoms with Gasteiger partial charge in [-0.3, -0.25) is 4.79 Å². The van der Waals surface area contributed by atoms with Crippen molar-refractivity contribution >= 4 is 33.2 Å². The van der Waals surface area contributed by atoms with Gasteiger partial charge in [0.05, 0.1) is 15.2 Å². The fraction of sp³-hybridized carbons (Fsp3) is 0.333. The summed E-state index contributed by atoms with van der Waals surface area (Å²) in [4.78, 5) is 18.9. The van der Waals surface area contributed by atoms with Crippen molar-refractivity contribution in [2.75, 3.05) is 7.05 Å². The van der Waals surface area contributed by atoms with E-state index >= 15 is 0 Å². The summed E-state index contributed by atoms with van der Waals surface area (Å²) in [6.07, 6.45) is 3.61. The minimum absolute atomic E-state index is 0.0248. The van der Waals surface area contributed by atoms with Gasteiger partial charge in [0.2, 0.25) is 0 Å². The molecule has 2 rings (SSSR count). The van der Waals surface area contributed by atoms with E-state index in [1.807, 2.05) is 30.8 Å². The molecule has 0 N–H and O–H groups in total. The summed E-state index contributed by atoms with van der Waals surface area (Å²) in [7, 11) is 3.71. The van der Waals surface area contributed by atoms with Gasteiger partial charge in [0.25, 0.3) is 5.91 Å². The summed E-state index contributed by atoms with van der Waals surface area (Å²) in [5, 5.41) is 0. The Balaban J connectivity index is 2.12. The number of aromatic nitrogens is 2. The molecular formula is C12H14BrN3OS. The van der Waals surface area contributed by atoms with E-state index in [-0.39, 0.29) is 5.91 Å². The molecule has 0 saturated carbocycles. The van der Waals surface area contributed by atoms with Crippen LogP contribution in [0, 0.1) is 6.92 Å². The third-order valence-corrected chi connectivity index (χ3v) is 4.84. The van der Waals surface area contributed by atoms with Gasteiger partial charge in [-0.25, -0.2) is 4.98 Å². The first-order chi connectivity index (χ1) is 8.49. The van der Waals surface area contributed by atoms with Crippen LogP contribution in [0.4, 0.5) is 0 Å². The number of halogens is 1. The Hall–Kier alpha value is -1.14. The van der Waals surface area contributed by atoms with E-state index in [1.165, 1.54) is 11.3 Å². The molecule has 2 heterocycles. The normalized spacial score (nSPS) is 10.7. The van der Waals surface area contributed by atoms with E-state index in [9.17, 15) is 4.79 Å². The average Bonchev–Trinajstić information content (AvgIpc) is 2.86. The number of hydrogen-bond donors (Lipinski definition) is 0. The topological polar surface area (TPSA) is 38.1 Å². The zero-order valence-corrected chi connectivity index (χ0v) is 12.9. The van der Waals surface area contributed by atoms with E-state index in [0.717, 1.165) is 20.1 Å². The number of imidazole rings is 1. The highest BCUT2D eigenvalue weighted by atomic mass is 79.9. The van der Waals surface area contributed by atoms with Crippen LogP contribution >= 0.6 is 27.3 Å². The van der Waals surface area contributed by atoms with Gasteiger partial charge < -0.3 is 9.47 Å².